The van der Waals surface area contributed by atoms with Crippen molar-refractivity contribution < 1.29 is 24.2 Å². The van der Waals surface area contributed by atoms with Gasteiger partial charge in [0.1, 0.15) is 0 Å². The molecule has 3 rings (SSSR count). The van der Waals surface area contributed by atoms with E-state index in [0.29, 0.717) is 16.7 Å². The van der Waals surface area contributed by atoms with Gasteiger partial charge in [0.25, 0.3) is 0 Å². The van der Waals surface area contributed by atoms with Crippen molar-refractivity contribution in [1.82, 2.24) is 0 Å². The molecule has 0 bridgehead atoms. The van der Waals surface area contributed by atoms with Crippen LogP contribution in [0.25, 0.3) is 0 Å². The number of hydrogen-bond donors (Lipinski definition) is 1. The van der Waals surface area contributed by atoms with Crippen LogP contribution in [0, 0.1) is 13.8 Å². The van der Waals surface area contributed by atoms with Gasteiger partial charge in [0.2, 0.25) is 0 Å². The van der Waals surface area contributed by atoms with E-state index in [-0.39, 0.29) is 17.4 Å². The molecule has 1 atom stereocenters. The first-order chi connectivity index (χ1) is 14.4. The zero-order valence-corrected chi connectivity index (χ0v) is 17.3. The average molecular weight is 425 g/mol. The summed E-state index contributed by atoms with van der Waals surface area (Å²) in [5.74, 6) is -1.12. The van der Waals surface area contributed by atoms with E-state index < -0.39 is 18.0 Å². The molecule has 30 heavy (non-hydrogen) atoms. The van der Waals surface area contributed by atoms with Gasteiger partial charge in [-0.1, -0.05) is 42.5 Å². The maximum absolute atomic E-state index is 12.7. The number of carbonyl (C=O) groups excluding carboxylic acids is 2. The van der Waals surface area contributed by atoms with Gasteiger partial charge in [-0.2, -0.15) is 0 Å². The zero-order chi connectivity index (χ0) is 21.7. The lowest BCUT2D eigenvalue weighted by Crippen LogP contribution is -2.14. The Hall–Kier alpha value is -3.15. The van der Waals surface area contributed by atoms with Crippen LogP contribution in [0.4, 0.5) is 0 Å². The number of carbonyl (C=O) groups is 2. The number of hydrogen-bond acceptors (Lipinski definition) is 5. The van der Waals surface area contributed by atoms with Crippen molar-refractivity contribution in [1.29, 1.82) is 0 Å². The number of rotatable bonds is 6. The molecule has 0 saturated heterocycles. The van der Waals surface area contributed by atoms with Crippen molar-refractivity contribution >= 4 is 23.5 Å². The lowest BCUT2D eigenvalue weighted by atomic mass is 10.1. The quantitative estimate of drug-likeness (QED) is 0.342. The number of aliphatic hydroxyl groups excluding tert-OH is 1. The Morgan fingerprint density at radius 3 is 1.83 bits per heavy atom. The summed E-state index contributed by atoms with van der Waals surface area (Å²) in [5, 5.41) is 10.1. The number of benzene rings is 3. The molecule has 3 aromatic rings. The number of aryl methyl sites for hydroxylation is 2. The minimum Gasteiger partial charge on any atom is -0.419 e. The smallest absolute Gasteiger partial charge is 0.343 e. The first-order valence-corrected chi connectivity index (χ1v) is 9.87. The van der Waals surface area contributed by atoms with Gasteiger partial charge in [-0.25, -0.2) is 9.59 Å². The fourth-order valence-corrected chi connectivity index (χ4v) is 3.08. The zero-order valence-electron chi connectivity index (χ0n) is 16.6. The molecule has 0 aliphatic carbocycles. The molecular formula is C24H21ClO5. The molecule has 0 saturated carbocycles. The molecule has 0 fully saturated rings. The second-order valence-electron chi connectivity index (χ2n) is 6.79. The van der Waals surface area contributed by atoms with Crippen LogP contribution >= 0.6 is 11.6 Å². The van der Waals surface area contributed by atoms with E-state index in [1.807, 2.05) is 12.1 Å². The topological polar surface area (TPSA) is 72.8 Å². The number of alkyl halides is 1. The Balaban J connectivity index is 1.94. The van der Waals surface area contributed by atoms with Crippen molar-refractivity contribution in [2.45, 2.75) is 20.0 Å². The predicted molar refractivity (Wildman–Crippen MR) is 114 cm³/mol. The van der Waals surface area contributed by atoms with E-state index >= 15 is 0 Å². The molecule has 0 aliphatic rings. The predicted octanol–water partition coefficient (Wildman–Crippen LogP) is 5.01. The Morgan fingerprint density at radius 2 is 1.33 bits per heavy atom. The molecule has 3 aromatic carbocycles. The van der Waals surface area contributed by atoms with Gasteiger partial charge in [-0.3, -0.25) is 0 Å². The molecule has 0 amide bonds. The summed E-state index contributed by atoms with van der Waals surface area (Å²) >= 11 is 5.74. The van der Waals surface area contributed by atoms with Gasteiger partial charge >= 0.3 is 11.9 Å². The maximum atomic E-state index is 12.7. The Kier molecular flexibility index (Phi) is 6.87. The van der Waals surface area contributed by atoms with Crippen LogP contribution in [0.1, 0.15) is 43.5 Å². The molecule has 0 aromatic heterocycles. The van der Waals surface area contributed by atoms with Crippen LogP contribution in [0.2, 0.25) is 0 Å². The van der Waals surface area contributed by atoms with Crippen molar-refractivity contribution in [3.05, 3.63) is 94.5 Å². The number of halogens is 1. The first-order valence-electron chi connectivity index (χ1n) is 9.34. The maximum Gasteiger partial charge on any atom is 0.343 e. The van der Waals surface area contributed by atoms with Gasteiger partial charge in [0.15, 0.2) is 11.5 Å². The average Bonchev–Trinajstić information content (AvgIpc) is 2.74. The summed E-state index contributed by atoms with van der Waals surface area (Å²) in [4.78, 5) is 25.3. The summed E-state index contributed by atoms with van der Waals surface area (Å²) in [7, 11) is 0. The highest BCUT2D eigenvalue weighted by Crippen LogP contribution is 2.32. The summed E-state index contributed by atoms with van der Waals surface area (Å²) in [6, 6.07) is 18.5. The van der Waals surface area contributed by atoms with E-state index in [2.05, 4.69) is 0 Å². The van der Waals surface area contributed by atoms with Gasteiger partial charge in [0, 0.05) is 0 Å². The largest absolute Gasteiger partial charge is 0.419 e. The summed E-state index contributed by atoms with van der Waals surface area (Å²) < 4.78 is 11.1. The molecule has 5 nitrogen and oxygen atoms in total. The second-order valence-corrected chi connectivity index (χ2v) is 7.09. The first kappa shape index (κ1) is 21.6. The van der Waals surface area contributed by atoms with E-state index in [9.17, 15) is 14.7 Å². The fourth-order valence-electron chi connectivity index (χ4n) is 2.90. The van der Waals surface area contributed by atoms with Gasteiger partial charge < -0.3 is 14.6 Å². The van der Waals surface area contributed by atoms with Crippen molar-refractivity contribution in [3.8, 4) is 11.5 Å². The third-order valence-corrected chi connectivity index (χ3v) is 4.93. The standard InChI is InChI=1S/C24H21ClO5/c1-15-7-3-5-9-18(15)23(27)29-21-12-11-17(20(26)14-25)13-22(21)30-24(28)19-10-6-4-8-16(19)2/h3-13,20,26H,14H2,1-2H3. The van der Waals surface area contributed by atoms with Crippen LogP contribution in [-0.2, 0) is 0 Å². The lowest BCUT2D eigenvalue weighted by molar-refractivity contribution is 0.0681. The molecule has 1 N–H and O–H groups in total. The minimum atomic E-state index is -0.955. The Morgan fingerprint density at radius 1 is 0.833 bits per heavy atom. The van der Waals surface area contributed by atoms with Crippen LogP contribution < -0.4 is 9.47 Å². The lowest BCUT2D eigenvalue weighted by Gasteiger charge is -2.15. The van der Waals surface area contributed by atoms with Gasteiger partial charge in [-0.15, -0.1) is 11.6 Å². The Labute approximate surface area is 179 Å². The Bertz CT molecular complexity index is 1080. The normalized spacial score (nSPS) is 11.6. The number of esters is 2. The SMILES string of the molecule is Cc1ccccc1C(=O)Oc1ccc(C(O)CCl)cc1OC(=O)c1ccccc1C. The third-order valence-electron chi connectivity index (χ3n) is 4.63. The second kappa shape index (κ2) is 9.57. The van der Waals surface area contributed by atoms with Crippen LogP contribution in [0.3, 0.4) is 0 Å². The highest BCUT2D eigenvalue weighted by molar-refractivity contribution is 6.18. The number of ether oxygens (including phenoxy) is 2. The van der Waals surface area contributed by atoms with Crippen molar-refractivity contribution in [2.75, 3.05) is 5.88 Å². The van der Waals surface area contributed by atoms with Gasteiger partial charge in [0.05, 0.1) is 23.1 Å². The summed E-state index contributed by atoms with van der Waals surface area (Å²) in [6.07, 6.45) is -0.955. The van der Waals surface area contributed by atoms with Crippen LogP contribution in [0.5, 0.6) is 11.5 Å². The van der Waals surface area contributed by atoms with E-state index in [1.165, 1.54) is 12.1 Å². The van der Waals surface area contributed by atoms with Crippen LogP contribution in [0.15, 0.2) is 66.7 Å². The fraction of sp³-hybridized carbons (Fsp3) is 0.167. The highest BCUT2D eigenvalue weighted by atomic mass is 35.5. The van der Waals surface area contributed by atoms with E-state index in [0.717, 1.165) is 11.1 Å². The molecule has 0 spiro atoms. The van der Waals surface area contributed by atoms with Gasteiger partial charge in [-0.05, 0) is 54.8 Å². The molecule has 154 valence electrons. The molecular weight excluding hydrogens is 404 g/mol. The molecule has 0 radical (unpaired) electrons. The summed E-state index contributed by atoms with van der Waals surface area (Å²) in [5.41, 5.74) is 2.73. The van der Waals surface area contributed by atoms with Crippen molar-refractivity contribution in [2.24, 2.45) is 0 Å². The number of aliphatic hydroxyl groups is 1. The molecule has 0 aliphatic heterocycles. The third kappa shape index (κ3) is 4.87. The molecule has 6 heteroatoms. The summed E-state index contributed by atoms with van der Waals surface area (Å²) in [6.45, 7) is 3.60. The van der Waals surface area contributed by atoms with Crippen molar-refractivity contribution in [3.63, 3.8) is 0 Å². The van der Waals surface area contributed by atoms with E-state index in [1.54, 1.807) is 56.3 Å². The highest BCUT2D eigenvalue weighted by Gasteiger charge is 2.20. The molecule has 1 unspecified atom stereocenters. The monoisotopic (exact) mass is 424 g/mol. The minimum absolute atomic E-state index is 0.0202. The van der Waals surface area contributed by atoms with E-state index in [4.69, 9.17) is 21.1 Å². The molecule has 0 heterocycles. The van der Waals surface area contributed by atoms with Crippen LogP contribution in [-0.4, -0.2) is 22.9 Å².